The van der Waals surface area contributed by atoms with Crippen LogP contribution in [0.5, 0.6) is 0 Å². The van der Waals surface area contributed by atoms with Gasteiger partial charge in [0.05, 0.1) is 6.26 Å². The first-order chi connectivity index (χ1) is 14.1. The number of piperidine rings is 1. The highest BCUT2D eigenvalue weighted by Gasteiger charge is 2.27. The smallest absolute Gasteiger partial charge is 0.271 e. The number of rotatable bonds is 6. The lowest BCUT2D eigenvalue weighted by Crippen LogP contribution is -2.41. The average Bonchev–Trinajstić information content (AvgIpc) is 3.41. The monoisotopic (exact) mass is 396 g/mol. The van der Waals surface area contributed by atoms with Gasteiger partial charge >= 0.3 is 0 Å². The SMILES string of the molecule is CCNCC1CCN(C(=O)c2cc(-c3ccco3)nc3c(C(N)=O)ncn23)CC1. The second-order valence-electron chi connectivity index (χ2n) is 7.20. The number of furan rings is 1. The van der Waals surface area contributed by atoms with E-state index in [0.717, 1.165) is 25.9 Å². The Hall–Kier alpha value is -3.20. The molecule has 2 amide bonds. The third-order valence-electron chi connectivity index (χ3n) is 5.31. The van der Waals surface area contributed by atoms with E-state index in [1.165, 1.54) is 17.0 Å². The molecule has 4 rings (SSSR count). The minimum Gasteiger partial charge on any atom is -0.463 e. The molecule has 3 aromatic rings. The van der Waals surface area contributed by atoms with Crippen LogP contribution in [0, 0.1) is 5.92 Å². The number of primary amides is 1. The molecule has 29 heavy (non-hydrogen) atoms. The lowest BCUT2D eigenvalue weighted by Gasteiger charge is -2.32. The number of amides is 2. The van der Waals surface area contributed by atoms with Crippen LogP contribution < -0.4 is 11.1 Å². The molecule has 0 atom stereocenters. The molecule has 0 spiro atoms. The van der Waals surface area contributed by atoms with Gasteiger partial charge in [-0.1, -0.05) is 6.92 Å². The van der Waals surface area contributed by atoms with Gasteiger partial charge in [0.2, 0.25) is 0 Å². The number of nitrogens with two attached hydrogens (primary N) is 1. The number of nitrogens with one attached hydrogen (secondary N) is 1. The number of hydrogen-bond acceptors (Lipinski definition) is 6. The van der Waals surface area contributed by atoms with Crippen LogP contribution in [0.25, 0.3) is 17.1 Å². The van der Waals surface area contributed by atoms with Gasteiger partial charge in [0, 0.05) is 13.1 Å². The molecule has 1 aliphatic heterocycles. The van der Waals surface area contributed by atoms with Gasteiger partial charge < -0.3 is 20.4 Å². The third kappa shape index (κ3) is 3.73. The van der Waals surface area contributed by atoms with Crippen molar-refractivity contribution in [3.63, 3.8) is 0 Å². The van der Waals surface area contributed by atoms with Gasteiger partial charge in [-0.3, -0.25) is 14.0 Å². The minimum absolute atomic E-state index is 0.0248. The number of nitrogens with zero attached hydrogens (tertiary/aromatic N) is 4. The van der Waals surface area contributed by atoms with Crippen molar-refractivity contribution in [1.29, 1.82) is 0 Å². The normalized spacial score (nSPS) is 15.1. The van der Waals surface area contributed by atoms with E-state index < -0.39 is 5.91 Å². The maximum Gasteiger partial charge on any atom is 0.271 e. The predicted molar refractivity (Wildman–Crippen MR) is 106 cm³/mol. The summed E-state index contributed by atoms with van der Waals surface area (Å²) in [4.78, 5) is 35.5. The van der Waals surface area contributed by atoms with Crippen LogP contribution in [0.4, 0.5) is 0 Å². The summed E-state index contributed by atoms with van der Waals surface area (Å²) >= 11 is 0. The molecule has 3 N–H and O–H groups in total. The van der Waals surface area contributed by atoms with Gasteiger partial charge in [-0.15, -0.1) is 0 Å². The first kappa shape index (κ1) is 19.1. The number of fused-ring (bicyclic) bond motifs is 1. The average molecular weight is 396 g/mol. The summed E-state index contributed by atoms with van der Waals surface area (Å²) in [5.74, 6) is 0.257. The van der Waals surface area contributed by atoms with Crippen LogP contribution >= 0.6 is 0 Å². The standard InChI is InChI=1S/C20H24N6O3/c1-2-22-11-13-5-7-25(8-6-13)20(28)15-10-14(16-4-3-9-29-16)24-19-17(18(21)27)23-12-26(15)19/h3-4,9-10,12-13,22H,2,5-8,11H2,1H3,(H2,21,27). The molecule has 152 valence electrons. The van der Waals surface area contributed by atoms with Crippen molar-refractivity contribution < 1.29 is 14.0 Å². The lowest BCUT2D eigenvalue weighted by atomic mass is 9.96. The van der Waals surface area contributed by atoms with E-state index in [0.29, 0.717) is 36.2 Å². The number of carbonyl (C=O) groups excluding carboxylic acids is 2. The van der Waals surface area contributed by atoms with Crippen molar-refractivity contribution in [2.75, 3.05) is 26.2 Å². The Bertz CT molecular complexity index is 1020. The Labute approximate surface area is 167 Å². The number of aromatic nitrogens is 3. The van der Waals surface area contributed by atoms with Crippen molar-refractivity contribution in [3.05, 3.63) is 42.2 Å². The van der Waals surface area contributed by atoms with Gasteiger partial charge in [0.25, 0.3) is 11.8 Å². The van der Waals surface area contributed by atoms with Crippen molar-refractivity contribution in [1.82, 2.24) is 24.6 Å². The molecule has 0 aliphatic carbocycles. The first-order valence-electron chi connectivity index (χ1n) is 9.80. The van der Waals surface area contributed by atoms with E-state index in [9.17, 15) is 9.59 Å². The largest absolute Gasteiger partial charge is 0.463 e. The fraction of sp³-hybridized carbons (Fsp3) is 0.400. The maximum atomic E-state index is 13.3. The Kier molecular flexibility index (Phi) is 5.30. The molecule has 3 aromatic heterocycles. The molecule has 9 heteroatoms. The topological polar surface area (TPSA) is 119 Å². The van der Waals surface area contributed by atoms with Gasteiger partial charge in [-0.05, 0) is 50.0 Å². The molecular weight excluding hydrogens is 372 g/mol. The van der Waals surface area contributed by atoms with Gasteiger partial charge in [0.1, 0.15) is 17.7 Å². The maximum absolute atomic E-state index is 13.3. The molecule has 4 heterocycles. The molecule has 1 saturated heterocycles. The van der Waals surface area contributed by atoms with Crippen LogP contribution in [0.2, 0.25) is 0 Å². The van der Waals surface area contributed by atoms with Crippen LogP contribution in [0.3, 0.4) is 0 Å². The summed E-state index contributed by atoms with van der Waals surface area (Å²) in [6, 6.07) is 5.16. The van der Waals surface area contributed by atoms with E-state index in [4.69, 9.17) is 10.2 Å². The Morgan fingerprint density at radius 1 is 1.34 bits per heavy atom. The van der Waals surface area contributed by atoms with E-state index in [-0.39, 0.29) is 17.2 Å². The van der Waals surface area contributed by atoms with Gasteiger partial charge in [0.15, 0.2) is 17.1 Å². The minimum atomic E-state index is -0.695. The molecule has 0 aromatic carbocycles. The second kappa shape index (κ2) is 8.04. The van der Waals surface area contributed by atoms with Crippen LogP contribution in [-0.2, 0) is 0 Å². The predicted octanol–water partition coefficient (Wildman–Crippen LogP) is 1.55. The van der Waals surface area contributed by atoms with Crippen molar-refractivity contribution in [3.8, 4) is 11.5 Å². The Morgan fingerprint density at radius 2 is 2.14 bits per heavy atom. The summed E-state index contributed by atoms with van der Waals surface area (Å²) in [5, 5.41) is 3.38. The van der Waals surface area contributed by atoms with Gasteiger partial charge in [-0.25, -0.2) is 9.97 Å². The molecule has 0 radical (unpaired) electrons. The zero-order chi connectivity index (χ0) is 20.4. The summed E-state index contributed by atoms with van der Waals surface area (Å²) in [7, 11) is 0. The lowest BCUT2D eigenvalue weighted by molar-refractivity contribution is 0.0682. The third-order valence-corrected chi connectivity index (χ3v) is 5.31. The Balaban J connectivity index is 1.67. The zero-order valence-electron chi connectivity index (χ0n) is 16.3. The summed E-state index contributed by atoms with van der Waals surface area (Å²) in [6.07, 6.45) is 4.85. The summed E-state index contributed by atoms with van der Waals surface area (Å²) in [5.41, 5.74) is 6.55. The highest BCUT2D eigenvalue weighted by atomic mass is 16.3. The summed E-state index contributed by atoms with van der Waals surface area (Å²) in [6.45, 7) is 5.39. The van der Waals surface area contributed by atoms with Crippen LogP contribution in [-0.4, -0.2) is 57.3 Å². The summed E-state index contributed by atoms with van der Waals surface area (Å²) < 4.78 is 6.96. The van der Waals surface area contributed by atoms with E-state index in [1.54, 1.807) is 18.2 Å². The first-order valence-corrected chi connectivity index (χ1v) is 9.80. The quantitative estimate of drug-likeness (QED) is 0.652. The molecule has 9 nitrogen and oxygen atoms in total. The van der Waals surface area contributed by atoms with E-state index in [1.807, 2.05) is 4.90 Å². The fourth-order valence-corrected chi connectivity index (χ4v) is 3.71. The van der Waals surface area contributed by atoms with E-state index in [2.05, 4.69) is 22.2 Å². The van der Waals surface area contributed by atoms with Crippen molar-refractivity contribution in [2.45, 2.75) is 19.8 Å². The molecule has 0 bridgehead atoms. The Morgan fingerprint density at radius 3 is 2.79 bits per heavy atom. The number of imidazole rings is 1. The highest BCUT2D eigenvalue weighted by molar-refractivity contribution is 5.99. The second-order valence-corrected chi connectivity index (χ2v) is 7.20. The van der Waals surface area contributed by atoms with E-state index >= 15 is 0 Å². The fourth-order valence-electron chi connectivity index (χ4n) is 3.71. The highest BCUT2D eigenvalue weighted by Crippen LogP contribution is 2.24. The van der Waals surface area contributed by atoms with Gasteiger partial charge in [-0.2, -0.15) is 0 Å². The number of carbonyl (C=O) groups is 2. The van der Waals surface area contributed by atoms with Crippen molar-refractivity contribution in [2.24, 2.45) is 11.7 Å². The molecule has 0 unspecified atom stereocenters. The molecular formula is C20H24N6O3. The van der Waals surface area contributed by atoms with Crippen molar-refractivity contribution >= 4 is 17.5 Å². The molecule has 1 fully saturated rings. The number of likely N-dealkylation sites (tertiary alicyclic amines) is 1. The molecule has 0 saturated carbocycles. The zero-order valence-corrected chi connectivity index (χ0v) is 16.3. The number of hydrogen-bond donors (Lipinski definition) is 2. The molecule has 1 aliphatic rings. The van der Waals surface area contributed by atoms with Crippen LogP contribution in [0.1, 0.15) is 40.7 Å². The van der Waals surface area contributed by atoms with Crippen LogP contribution in [0.15, 0.2) is 35.2 Å².